The van der Waals surface area contributed by atoms with Crippen molar-refractivity contribution in [1.82, 2.24) is 4.90 Å². The van der Waals surface area contributed by atoms with Gasteiger partial charge in [0.05, 0.1) is 18.0 Å². The Bertz CT molecular complexity index is 986. The topological polar surface area (TPSA) is 94.9 Å². The molecule has 1 heterocycles. The highest BCUT2D eigenvalue weighted by Crippen LogP contribution is 2.40. The number of aliphatic hydroxyl groups is 1. The number of likely N-dealkylation sites (tertiary alicyclic amines) is 1. The molecule has 1 aliphatic rings. The number of benzene rings is 2. The van der Waals surface area contributed by atoms with E-state index in [2.05, 4.69) is 0 Å². The SMILES string of the molecule is O=C(O)CCN1C(=O)C(=O)/C(=C(\O)c2ccc(Cl)cc2)C1c1ccccc1F. The van der Waals surface area contributed by atoms with Gasteiger partial charge in [-0.1, -0.05) is 29.8 Å². The van der Waals surface area contributed by atoms with Crippen LogP contribution in [0.3, 0.4) is 0 Å². The molecule has 2 N–H and O–H groups in total. The molecule has 8 heteroatoms. The molecular formula is C20H15ClFNO5. The summed E-state index contributed by atoms with van der Waals surface area (Å²) in [5.74, 6) is -4.35. The van der Waals surface area contributed by atoms with Gasteiger partial charge in [0, 0.05) is 22.7 Å². The van der Waals surface area contributed by atoms with Crippen molar-refractivity contribution in [3.05, 3.63) is 76.1 Å². The molecular weight excluding hydrogens is 389 g/mol. The molecule has 1 saturated heterocycles. The lowest BCUT2D eigenvalue weighted by atomic mass is 9.95. The summed E-state index contributed by atoms with van der Waals surface area (Å²) in [6, 6.07) is 10.2. The smallest absolute Gasteiger partial charge is 0.305 e. The van der Waals surface area contributed by atoms with Gasteiger partial charge < -0.3 is 15.1 Å². The van der Waals surface area contributed by atoms with Crippen LogP contribution in [0.15, 0.2) is 54.1 Å². The van der Waals surface area contributed by atoms with Crippen molar-refractivity contribution in [3.8, 4) is 0 Å². The molecule has 0 saturated carbocycles. The first-order chi connectivity index (χ1) is 13.3. The fraction of sp³-hybridized carbons (Fsp3) is 0.150. The number of nitrogens with zero attached hydrogens (tertiary/aromatic N) is 1. The van der Waals surface area contributed by atoms with Crippen molar-refractivity contribution < 1.29 is 29.0 Å². The van der Waals surface area contributed by atoms with E-state index >= 15 is 0 Å². The Balaban J connectivity index is 2.18. The molecule has 28 heavy (non-hydrogen) atoms. The third kappa shape index (κ3) is 3.61. The van der Waals surface area contributed by atoms with Gasteiger partial charge in [0.2, 0.25) is 0 Å². The number of aliphatic carboxylic acids is 1. The first-order valence-corrected chi connectivity index (χ1v) is 8.69. The second-order valence-corrected chi connectivity index (χ2v) is 6.60. The third-order valence-corrected chi connectivity index (χ3v) is 4.68. The average Bonchev–Trinajstić information content (AvgIpc) is 2.91. The number of hydrogen-bond donors (Lipinski definition) is 2. The van der Waals surface area contributed by atoms with E-state index in [4.69, 9.17) is 16.7 Å². The molecule has 3 rings (SSSR count). The lowest BCUT2D eigenvalue weighted by Gasteiger charge is -2.25. The van der Waals surface area contributed by atoms with E-state index in [-0.39, 0.29) is 23.2 Å². The lowest BCUT2D eigenvalue weighted by molar-refractivity contribution is -0.142. The molecule has 1 unspecified atom stereocenters. The molecule has 2 aromatic rings. The van der Waals surface area contributed by atoms with Crippen LogP contribution in [-0.4, -0.2) is 39.3 Å². The van der Waals surface area contributed by atoms with Crippen LogP contribution in [0.5, 0.6) is 0 Å². The summed E-state index contributed by atoms with van der Waals surface area (Å²) < 4.78 is 14.5. The highest BCUT2D eigenvalue weighted by molar-refractivity contribution is 6.46. The van der Waals surface area contributed by atoms with E-state index in [1.165, 1.54) is 42.5 Å². The van der Waals surface area contributed by atoms with Crippen molar-refractivity contribution in [3.63, 3.8) is 0 Å². The van der Waals surface area contributed by atoms with Crippen LogP contribution in [0.1, 0.15) is 23.6 Å². The number of aliphatic hydroxyl groups excluding tert-OH is 1. The summed E-state index contributed by atoms with van der Waals surface area (Å²) in [6.45, 7) is -0.309. The van der Waals surface area contributed by atoms with E-state index in [1.54, 1.807) is 0 Å². The maximum Gasteiger partial charge on any atom is 0.305 e. The van der Waals surface area contributed by atoms with Gasteiger partial charge in [-0.15, -0.1) is 0 Å². The van der Waals surface area contributed by atoms with Crippen molar-refractivity contribution in [1.29, 1.82) is 0 Å². The van der Waals surface area contributed by atoms with Crippen molar-refractivity contribution in [2.75, 3.05) is 6.54 Å². The molecule has 1 atom stereocenters. The molecule has 144 valence electrons. The quantitative estimate of drug-likeness (QED) is 0.453. The molecule has 0 spiro atoms. The summed E-state index contributed by atoms with van der Waals surface area (Å²) in [4.78, 5) is 37.1. The largest absolute Gasteiger partial charge is 0.507 e. The number of rotatable bonds is 5. The Kier molecular flexibility index (Phi) is 5.46. The van der Waals surface area contributed by atoms with Crippen molar-refractivity contribution in [2.45, 2.75) is 12.5 Å². The van der Waals surface area contributed by atoms with Gasteiger partial charge in [-0.3, -0.25) is 14.4 Å². The van der Waals surface area contributed by atoms with Gasteiger partial charge in [0.15, 0.2) is 0 Å². The highest BCUT2D eigenvalue weighted by atomic mass is 35.5. The number of halogens is 2. The van der Waals surface area contributed by atoms with E-state index in [0.717, 1.165) is 11.0 Å². The van der Waals surface area contributed by atoms with Crippen LogP contribution in [0.4, 0.5) is 4.39 Å². The van der Waals surface area contributed by atoms with E-state index in [1.807, 2.05) is 0 Å². The Labute approximate surface area is 164 Å². The number of ketones is 1. The van der Waals surface area contributed by atoms with Crippen molar-refractivity contribution in [2.24, 2.45) is 0 Å². The zero-order valence-electron chi connectivity index (χ0n) is 14.4. The zero-order valence-corrected chi connectivity index (χ0v) is 15.2. The third-order valence-electron chi connectivity index (χ3n) is 4.42. The molecule has 0 aliphatic carbocycles. The molecule has 6 nitrogen and oxygen atoms in total. The number of amides is 1. The predicted molar refractivity (Wildman–Crippen MR) is 99.1 cm³/mol. The predicted octanol–water partition coefficient (Wildman–Crippen LogP) is 3.38. The zero-order chi connectivity index (χ0) is 20.4. The number of carboxylic acids is 1. The minimum atomic E-state index is -1.24. The second-order valence-electron chi connectivity index (χ2n) is 6.16. The number of carbonyl (C=O) groups excluding carboxylic acids is 2. The van der Waals surface area contributed by atoms with Gasteiger partial charge in [-0.2, -0.15) is 0 Å². The van der Waals surface area contributed by atoms with Crippen LogP contribution in [0, 0.1) is 5.82 Å². The van der Waals surface area contributed by atoms with Crippen LogP contribution in [-0.2, 0) is 14.4 Å². The molecule has 0 bridgehead atoms. The number of carboxylic acid groups (broad SMARTS) is 1. The summed E-state index contributed by atoms with van der Waals surface area (Å²) in [7, 11) is 0. The van der Waals surface area contributed by atoms with E-state index in [0.29, 0.717) is 5.02 Å². The Morgan fingerprint density at radius 3 is 2.32 bits per heavy atom. The summed E-state index contributed by atoms with van der Waals surface area (Å²) in [5.41, 5.74) is -0.0904. The van der Waals surface area contributed by atoms with Gasteiger partial charge in [0.1, 0.15) is 11.6 Å². The van der Waals surface area contributed by atoms with Crippen LogP contribution < -0.4 is 0 Å². The second kappa shape index (κ2) is 7.82. The molecule has 1 fully saturated rings. The Morgan fingerprint density at radius 2 is 1.71 bits per heavy atom. The minimum absolute atomic E-state index is 0.0115. The van der Waals surface area contributed by atoms with E-state index < -0.39 is 41.7 Å². The average molecular weight is 404 g/mol. The van der Waals surface area contributed by atoms with E-state index in [9.17, 15) is 23.9 Å². The number of hydrogen-bond acceptors (Lipinski definition) is 4. The lowest BCUT2D eigenvalue weighted by Crippen LogP contribution is -2.32. The van der Waals surface area contributed by atoms with Gasteiger partial charge >= 0.3 is 5.97 Å². The first kappa shape index (κ1) is 19.6. The highest BCUT2D eigenvalue weighted by Gasteiger charge is 2.46. The fourth-order valence-corrected chi connectivity index (χ4v) is 3.24. The Hall–Kier alpha value is -3.19. The standard InChI is InChI=1S/C20H15ClFNO5/c21-12-7-5-11(6-8-12)18(26)16-17(13-3-1-2-4-14(13)22)23(10-9-15(24)25)20(28)19(16)27/h1-8,17,26H,9-10H2,(H,24,25)/b18-16-. The first-order valence-electron chi connectivity index (χ1n) is 8.32. The fourth-order valence-electron chi connectivity index (χ4n) is 3.11. The van der Waals surface area contributed by atoms with Crippen molar-refractivity contribution >= 4 is 35.0 Å². The number of carbonyl (C=O) groups is 3. The molecule has 1 amide bonds. The number of Topliss-reactive ketones (excluding diaryl/α,β-unsaturated/α-hetero) is 1. The summed E-state index contributed by atoms with van der Waals surface area (Å²) >= 11 is 5.84. The monoisotopic (exact) mass is 403 g/mol. The summed E-state index contributed by atoms with van der Waals surface area (Å²) in [5, 5.41) is 20.1. The van der Waals surface area contributed by atoms with Crippen LogP contribution >= 0.6 is 11.6 Å². The van der Waals surface area contributed by atoms with Gasteiger partial charge in [-0.05, 0) is 30.3 Å². The molecule has 1 aliphatic heterocycles. The maximum atomic E-state index is 14.5. The maximum absolute atomic E-state index is 14.5. The normalized spacial score (nSPS) is 18.5. The summed E-state index contributed by atoms with van der Waals surface area (Å²) in [6.07, 6.45) is -0.432. The van der Waals surface area contributed by atoms with Crippen LogP contribution in [0.2, 0.25) is 5.02 Å². The van der Waals surface area contributed by atoms with Gasteiger partial charge in [0.25, 0.3) is 11.7 Å². The molecule has 2 aromatic carbocycles. The molecule has 0 aromatic heterocycles. The minimum Gasteiger partial charge on any atom is -0.507 e. The molecule has 0 radical (unpaired) electrons. The Morgan fingerprint density at radius 1 is 1.07 bits per heavy atom. The van der Waals surface area contributed by atoms with Crippen LogP contribution in [0.25, 0.3) is 5.76 Å². The van der Waals surface area contributed by atoms with Gasteiger partial charge in [-0.25, -0.2) is 4.39 Å².